The summed E-state index contributed by atoms with van der Waals surface area (Å²) >= 11 is 0. The van der Waals surface area contributed by atoms with Crippen LogP contribution in [0.3, 0.4) is 0 Å². The van der Waals surface area contributed by atoms with Crippen molar-refractivity contribution >= 4 is 6.03 Å². The normalized spacial score (nSPS) is 16.3. The molecule has 1 fully saturated rings. The number of nitrogens with one attached hydrogen (secondary N) is 1. The zero-order valence-electron chi connectivity index (χ0n) is 12.1. The van der Waals surface area contributed by atoms with Crippen LogP contribution >= 0.6 is 0 Å². The van der Waals surface area contributed by atoms with Crippen LogP contribution in [0.25, 0.3) is 0 Å². The van der Waals surface area contributed by atoms with E-state index in [9.17, 15) is 4.79 Å². The van der Waals surface area contributed by atoms with Crippen molar-refractivity contribution in [3.63, 3.8) is 0 Å². The van der Waals surface area contributed by atoms with Crippen molar-refractivity contribution in [2.75, 3.05) is 19.7 Å². The number of rotatable bonds is 6. The van der Waals surface area contributed by atoms with Gasteiger partial charge in [0, 0.05) is 19.6 Å². The molecule has 0 bridgehead atoms. The first-order valence-corrected chi connectivity index (χ1v) is 7.30. The van der Waals surface area contributed by atoms with Crippen molar-refractivity contribution in [3.05, 3.63) is 35.9 Å². The molecule has 20 heavy (non-hydrogen) atoms. The predicted molar refractivity (Wildman–Crippen MR) is 79.3 cm³/mol. The molecule has 1 saturated carbocycles. The van der Waals surface area contributed by atoms with Crippen molar-refractivity contribution in [1.82, 2.24) is 10.2 Å². The Kier molecular flexibility index (Phi) is 5.01. The molecule has 1 aromatic carbocycles. The number of aliphatic hydroxyl groups is 1. The van der Waals surface area contributed by atoms with E-state index in [4.69, 9.17) is 5.11 Å². The molecule has 1 aliphatic carbocycles. The van der Waals surface area contributed by atoms with Crippen LogP contribution in [0.5, 0.6) is 0 Å². The molecule has 1 aromatic rings. The summed E-state index contributed by atoms with van der Waals surface area (Å²) in [4.78, 5) is 13.9. The van der Waals surface area contributed by atoms with Crippen LogP contribution < -0.4 is 5.32 Å². The minimum Gasteiger partial charge on any atom is -0.395 e. The van der Waals surface area contributed by atoms with Gasteiger partial charge in [0.05, 0.1) is 6.61 Å². The maximum absolute atomic E-state index is 12.2. The third-order valence-corrected chi connectivity index (χ3v) is 4.10. The van der Waals surface area contributed by atoms with Crippen LogP contribution in [0, 0.1) is 5.41 Å². The average Bonchev–Trinajstić information content (AvgIpc) is 2.43. The van der Waals surface area contributed by atoms with Gasteiger partial charge in [0.25, 0.3) is 0 Å². The fourth-order valence-corrected chi connectivity index (χ4v) is 2.53. The molecule has 0 aromatic heterocycles. The Morgan fingerprint density at radius 2 is 2.05 bits per heavy atom. The highest BCUT2D eigenvalue weighted by Gasteiger charge is 2.32. The zero-order chi connectivity index (χ0) is 14.4. The first-order valence-electron chi connectivity index (χ1n) is 7.30. The molecule has 0 atom stereocenters. The van der Waals surface area contributed by atoms with E-state index < -0.39 is 0 Å². The molecule has 0 spiro atoms. The molecule has 0 heterocycles. The monoisotopic (exact) mass is 276 g/mol. The van der Waals surface area contributed by atoms with Crippen molar-refractivity contribution in [1.29, 1.82) is 0 Å². The van der Waals surface area contributed by atoms with Crippen molar-refractivity contribution in [3.8, 4) is 0 Å². The summed E-state index contributed by atoms with van der Waals surface area (Å²) in [5, 5.41) is 12.1. The van der Waals surface area contributed by atoms with Gasteiger partial charge in [-0.05, 0) is 23.8 Å². The van der Waals surface area contributed by atoms with Gasteiger partial charge in [0.15, 0.2) is 0 Å². The number of carbonyl (C=O) groups is 1. The van der Waals surface area contributed by atoms with Gasteiger partial charge in [0.2, 0.25) is 0 Å². The molecule has 0 radical (unpaired) electrons. The Balaban J connectivity index is 1.88. The molecular formula is C16H24N2O2. The number of urea groups is 1. The lowest BCUT2D eigenvalue weighted by Crippen LogP contribution is -2.46. The van der Waals surface area contributed by atoms with Crippen LogP contribution in [0.1, 0.15) is 31.7 Å². The molecular weight excluding hydrogens is 252 g/mol. The fourth-order valence-electron chi connectivity index (χ4n) is 2.53. The lowest BCUT2D eigenvalue weighted by molar-refractivity contribution is 0.140. The molecule has 110 valence electrons. The first kappa shape index (κ1) is 14.9. The summed E-state index contributed by atoms with van der Waals surface area (Å²) < 4.78 is 0. The second-order valence-electron chi connectivity index (χ2n) is 5.95. The van der Waals surface area contributed by atoms with Crippen LogP contribution in [0.15, 0.2) is 30.3 Å². The summed E-state index contributed by atoms with van der Waals surface area (Å²) in [6, 6.07) is 9.77. The second kappa shape index (κ2) is 6.75. The van der Waals surface area contributed by atoms with E-state index in [1.165, 1.54) is 19.3 Å². The Hall–Kier alpha value is -1.55. The maximum Gasteiger partial charge on any atom is 0.317 e. The van der Waals surface area contributed by atoms with Crippen LogP contribution in [-0.2, 0) is 6.54 Å². The molecule has 0 unspecified atom stereocenters. The van der Waals surface area contributed by atoms with Gasteiger partial charge in [-0.3, -0.25) is 0 Å². The third kappa shape index (κ3) is 3.97. The van der Waals surface area contributed by atoms with Gasteiger partial charge >= 0.3 is 6.03 Å². The summed E-state index contributed by atoms with van der Waals surface area (Å²) in [5.41, 5.74) is 1.35. The highest BCUT2D eigenvalue weighted by molar-refractivity contribution is 5.74. The fraction of sp³-hybridized carbons (Fsp3) is 0.562. The van der Waals surface area contributed by atoms with Crippen LogP contribution in [0.2, 0.25) is 0 Å². The van der Waals surface area contributed by atoms with E-state index in [0.29, 0.717) is 13.1 Å². The molecule has 1 aliphatic rings. The number of aliphatic hydroxyl groups excluding tert-OH is 1. The van der Waals surface area contributed by atoms with E-state index in [2.05, 4.69) is 12.2 Å². The third-order valence-electron chi connectivity index (χ3n) is 4.10. The molecule has 2 N–H and O–H groups in total. The number of hydrogen-bond acceptors (Lipinski definition) is 2. The lowest BCUT2D eigenvalue weighted by atomic mass is 9.70. The molecule has 2 amide bonds. The topological polar surface area (TPSA) is 52.6 Å². The lowest BCUT2D eigenvalue weighted by Gasteiger charge is -2.39. The van der Waals surface area contributed by atoms with Gasteiger partial charge < -0.3 is 15.3 Å². The maximum atomic E-state index is 12.2. The number of benzene rings is 1. The molecule has 0 saturated heterocycles. The summed E-state index contributed by atoms with van der Waals surface area (Å²) in [6.45, 7) is 3.81. The standard InChI is InChI=1S/C16H24N2O2/c1-16(8-5-9-16)13-17-15(20)18(10-11-19)12-14-6-3-2-4-7-14/h2-4,6-7,19H,5,8-13H2,1H3,(H,17,20). The quantitative estimate of drug-likeness (QED) is 0.838. The molecule has 0 aliphatic heterocycles. The summed E-state index contributed by atoms with van der Waals surface area (Å²) in [6.07, 6.45) is 3.63. The van der Waals surface area contributed by atoms with E-state index in [-0.39, 0.29) is 18.1 Å². The van der Waals surface area contributed by atoms with Crippen molar-refractivity contribution in [2.24, 2.45) is 5.41 Å². The molecule has 4 heteroatoms. The Labute approximate surface area is 120 Å². The van der Waals surface area contributed by atoms with Crippen molar-refractivity contribution in [2.45, 2.75) is 32.7 Å². The number of nitrogens with zero attached hydrogens (tertiary/aromatic N) is 1. The van der Waals surface area contributed by atoms with Gasteiger partial charge in [0.1, 0.15) is 0 Å². The predicted octanol–water partition coefficient (Wildman–Crippen LogP) is 2.38. The Morgan fingerprint density at radius 1 is 1.35 bits per heavy atom. The van der Waals surface area contributed by atoms with Gasteiger partial charge in [-0.25, -0.2) is 4.79 Å². The SMILES string of the molecule is CC1(CNC(=O)N(CCO)Cc2ccccc2)CCC1. The number of hydrogen-bond donors (Lipinski definition) is 2. The number of amides is 2. The zero-order valence-corrected chi connectivity index (χ0v) is 12.1. The Morgan fingerprint density at radius 3 is 2.60 bits per heavy atom. The minimum atomic E-state index is -0.0870. The minimum absolute atomic E-state index is 0.0163. The average molecular weight is 276 g/mol. The highest BCUT2D eigenvalue weighted by atomic mass is 16.3. The van der Waals surface area contributed by atoms with E-state index >= 15 is 0 Å². The number of carbonyl (C=O) groups excluding carboxylic acids is 1. The van der Waals surface area contributed by atoms with Gasteiger partial charge in [-0.2, -0.15) is 0 Å². The summed E-state index contributed by atoms with van der Waals surface area (Å²) in [7, 11) is 0. The van der Waals surface area contributed by atoms with Gasteiger partial charge in [-0.15, -0.1) is 0 Å². The summed E-state index contributed by atoms with van der Waals surface area (Å²) in [5.74, 6) is 0. The van der Waals surface area contributed by atoms with E-state index in [1.54, 1.807) is 4.90 Å². The molecule has 2 rings (SSSR count). The van der Waals surface area contributed by atoms with Crippen LogP contribution in [-0.4, -0.2) is 35.7 Å². The van der Waals surface area contributed by atoms with Gasteiger partial charge in [-0.1, -0.05) is 43.7 Å². The van der Waals surface area contributed by atoms with E-state index in [0.717, 1.165) is 12.1 Å². The Bertz CT molecular complexity index is 429. The highest BCUT2D eigenvalue weighted by Crippen LogP contribution is 2.39. The first-order chi connectivity index (χ1) is 9.63. The van der Waals surface area contributed by atoms with Crippen LogP contribution in [0.4, 0.5) is 4.79 Å². The molecule has 4 nitrogen and oxygen atoms in total. The smallest absolute Gasteiger partial charge is 0.317 e. The van der Waals surface area contributed by atoms with Crippen molar-refractivity contribution < 1.29 is 9.90 Å². The van der Waals surface area contributed by atoms with E-state index in [1.807, 2.05) is 30.3 Å². The largest absolute Gasteiger partial charge is 0.395 e. The second-order valence-corrected chi connectivity index (χ2v) is 5.95.